The lowest BCUT2D eigenvalue weighted by atomic mass is 10.3. The Kier molecular flexibility index (Phi) is 10.8. The summed E-state index contributed by atoms with van der Waals surface area (Å²) in [6.45, 7) is 7.76. The predicted molar refractivity (Wildman–Crippen MR) is 119 cm³/mol. The molecule has 168 valence electrons. The number of azo groups is 1. The number of nitrogens with one attached hydrogen (secondary N) is 1. The Morgan fingerprint density at radius 3 is 2.23 bits per heavy atom. The molecule has 0 aliphatic rings. The van der Waals surface area contributed by atoms with Crippen LogP contribution in [0.25, 0.3) is 0 Å². The number of hydrogen-bond donors (Lipinski definition) is 1. The molecule has 0 fully saturated rings. The first-order valence-electron chi connectivity index (χ1n) is 10.4. The number of carbonyl (C=O) groups is 1. The molecule has 10 heteroatoms. The van der Waals surface area contributed by atoms with Crippen LogP contribution in [-0.2, 0) is 13.3 Å². The van der Waals surface area contributed by atoms with Crippen LogP contribution in [0.15, 0.2) is 58.9 Å². The van der Waals surface area contributed by atoms with Crippen LogP contribution < -0.4 is 10.1 Å². The van der Waals surface area contributed by atoms with E-state index >= 15 is 0 Å². The summed E-state index contributed by atoms with van der Waals surface area (Å²) in [6.07, 6.45) is 1.78. The lowest BCUT2D eigenvalue weighted by molar-refractivity contribution is 0.0708. The van der Waals surface area contributed by atoms with Crippen LogP contribution in [-0.4, -0.2) is 46.2 Å². The van der Waals surface area contributed by atoms with Crippen molar-refractivity contribution >= 4 is 26.4 Å². The predicted octanol–water partition coefficient (Wildman–Crippen LogP) is 5.02. The first-order valence-corrected chi connectivity index (χ1v) is 12.3. The van der Waals surface area contributed by atoms with E-state index in [-0.39, 0.29) is 0 Å². The highest BCUT2D eigenvalue weighted by atomic mass is 28.4. The molecule has 31 heavy (non-hydrogen) atoms. The minimum absolute atomic E-state index is 0.413. The molecule has 1 heterocycles. The van der Waals surface area contributed by atoms with Gasteiger partial charge in [-0.3, -0.25) is 0 Å². The van der Waals surface area contributed by atoms with E-state index in [0.717, 1.165) is 0 Å². The number of benzene rings is 1. The van der Waals surface area contributed by atoms with Crippen molar-refractivity contribution in [2.75, 3.05) is 26.4 Å². The third-order valence-electron chi connectivity index (χ3n) is 3.99. The van der Waals surface area contributed by atoms with E-state index in [1.807, 2.05) is 32.9 Å². The molecule has 0 aliphatic heterocycles. The van der Waals surface area contributed by atoms with Crippen LogP contribution in [0.5, 0.6) is 5.75 Å². The number of nitrogens with zero attached hydrogens (tertiary/aromatic N) is 3. The maximum Gasteiger partial charge on any atom is 0.500 e. The number of amides is 1. The van der Waals surface area contributed by atoms with Gasteiger partial charge in [-0.25, -0.2) is 9.78 Å². The summed E-state index contributed by atoms with van der Waals surface area (Å²) in [5, 5.41) is 10.9. The first kappa shape index (κ1) is 24.6. The van der Waals surface area contributed by atoms with Gasteiger partial charge in [0, 0.05) is 38.6 Å². The average molecular weight is 447 g/mol. The second-order valence-corrected chi connectivity index (χ2v) is 9.02. The van der Waals surface area contributed by atoms with Crippen LogP contribution in [0.4, 0.5) is 16.3 Å². The fraction of sp³-hybridized carbons (Fsp3) is 0.429. The zero-order valence-electron chi connectivity index (χ0n) is 18.2. The molecule has 1 amide bonds. The van der Waals surface area contributed by atoms with Crippen molar-refractivity contribution in [3.8, 4) is 5.75 Å². The van der Waals surface area contributed by atoms with Gasteiger partial charge in [-0.2, -0.15) is 0 Å². The minimum Gasteiger partial charge on any atom is -0.410 e. The number of rotatable bonds is 13. The summed E-state index contributed by atoms with van der Waals surface area (Å²) in [4.78, 5) is 16.1. The number of aromatic nitrogens is 1. The Hall–Kier alpha value is -2.66. The van der Waals surface area contributed by atoms with Gasteiger partial charge in [0.25, 0.3) is 0 Å². The van der Waals surface area contributed by atoms with E-state index in [1.165, 1.54) is 0 Å². The number of hydrogen-bond acceptors (Lipinski definition) is 8. The molecule has 0 saturated heterocycles. The average Bonchev–Trinajstić information content (AvgIpc) is 2.78. The van der Waals surface area contributed by atoms with Gasteiger partial charge < -0.3 is 23.3 Å². The van der Waals surface area contributed by atoms with Crippen LogP contribution in [0.1, 0.15) is 27.2 Å². The van der Waals surface area contributed by atoms with Crippen LogP contribution in [0, 0.1) is 0 Å². The van der Waals surface area contributed by atoms with Gasteiger partial charge >= 0.3 is 14.9 Å². The maximum absolute atomic E-state index is 12.0. The monoisotopic (exact) mass is 446 g/mol. The minimum atomic E-state index is -2.70. The highest BCUT2D eigenvalue weighted by Crippen LogP contribution is 2.21. The normalized spacial score (nSPS) is 11.6. The van der Waals surface area contributed by atoms with Gasteiger partial charge in [-0.15, -0.1) is 10.2 Å². The van der Waals surface area contributed by atoms with Crippen LogP contribution >= 0.6 is 0 Å². The highest BCUT2D eigenvalue weighted by Gasteiger charge is 2.39. The number of carbonyl (C=O) groups excluding carboxylic acids is 1. The highest BCUT2D eigenvalue weighted by molar-refractivity contribution is 6.60. The van der Waals surface area contributed by atoms with Gasteiger partial charge in [-0.05, 0) is 63.6 Å². The molecule has 0 aliphatic carbocycles. The molecule has 1 aromatic carbocycles. The lowest BCUT2D eigenvalue weighted by Gasteiger charge is -2.28. The number of pyridine rings is 1. The molecule has 9 nitrogen and oxygen atoms in total. The molecule has 0 bridgehead atoms. The zero-order valence-corrected chi connectivity index (χ0v) is 19.2. The topological polar surface area (TPSA) is 104 Å². The quantitative estimate of drug-likeness (QED) is 0.263. The summed E-state index contributed by atoms with van der Waals surface area (Å²) in [7, 11) is -2.70. The molecule has 0 atom stereocenters. The molecule has 0 radical (unpaired) electrons. The van der Waals surface area contributed by atoms with Gasteiger partial charge in [0.15, 0.2) is 5.82 Å². The van der Waals surface area contributed by atoms with Gasteiger partial charge in [-0.1, -0.05) is 6.07 Å². The van der Waals surface area contributed by atoms with Gasteiger partial charge in [0.05, 0.1) is 5.69 Å². The molecule has 1 aromatic heterocycles. The van der Waals surface area contributed by atoms with Crippen LogP contribution in [0.3, 0.4) is 0 Å². The third kappa shape index (κ3) is 8.93. The Labute approximate surface area is 184 Å². The fourth-order valence-corrected chi connectivity index (χ4v) is 5.35. The van der Waals surface area contributed by atoms with E-state index in [1.54, 1.807) is 36.5 Å². The van der Waals surface area contributed by atoms with Gasteiger partial charge in [0.1, 0.15) is 5.75 Å². The maximum atomic E-state index is 12.0. The van der Waals surface area contributed by atoms with Crippen molar-refractivity contribution < 1.29 is 22.8 Å². The SMILES string of the molecule is CCO[Si](CCCNC(=O)Oc1ccc(N=Nc2ccccn2)cc1)(OCC)OCC. The second kappa shape index (κ2) is 13.6. The molecule has 1 N–H and O–H groups in total. The van der Waals surface area contributed by atoms with Crippen molar-refractivity contribution in [1.82, 2.24) is 10.3 Å². The zero-order chi connectivity index (χ0) is 22.4. The summed E-state index contributed by atoms with van der Waals surface area (Å²) in [5.41, 5.74) is 0.627. The molecule has 0 saturated carbocycles. The smallest absolute Gasteiger partial charge is 0.410 e. The molecular weight excluding hydrogens is 416 g/mol. The Bertz CT molecular complexity index is 788. The van der Waals surface area contributed by atoms with Crippen molar-refractivity contribution in [3.05, 3.63) is 48.7 Å². The van der Waals surface area contributed by atoms with E-state index in [2.05, 4.69) is 20.5 Å². The molecular formula is C21H30N4O5Si. The molecule has 0 unspecified atom stereocenters. The van der Waals surface area contributed by atoms with Crippen molar-refractivity contribution in [2.45, 2.75) is 33.2 Å². The summed E-state index contributed by atoms with van der Waals surface area (Å²) in [5.74, 6) is 0.934. The fourth-order valence-electron chi connectivity index (χ4n) is 2.74. The van der Waals surface area contributed by atoms with Crippen molar-refractivity contribution in [1.29, 1.82) is 0 Å². The van der Waals surface area contributed by atoms with Crippen molar-refractivity contribution in [3.63, 3.8) is 0 Å². The number of ether oxygens (including phenoxy) is 1. The summed E-state index contributed by atoms with van der Waals surface area (Å²) in [6, 6.07) is 12.8. The van der Waals surface area contributed by atoms with E-state index in [0.29, 0.717) is 56.1 Å². The lowest BCUT2D eigenvalue weighted by Crippen LogP contribution is -2.46. The van der Waals surface area contributed by atoms with E-state index in [4.69, 9.17) is 18.0 Å². The Morgan fingerprint density at radius 2 is 1.65 bits per heavy atom. The molecule has 2 aromatic rings. The Morgan fingerprint density at radius 1 is 0.968 bits per heavy atom. The first-order chi connectivity index (χ1) is 15.1. The largest absolute Gasteiger partial charge is 0.500 e. The van der Waals surface area contributed by atoms with Gasteiger partial charge in [0.2, 0.25) is 0 Å². The van der Waals surface area contributed by atoms with E-state index in [9.17, 15) is 4.79 Å². The molecule has 0 spiro atoms. The van der Waals surface area contributed by atoms with Crippen molar-refractivity contribution in [2.24, 2.45) is 10.2 Å². The second-order valence-electron chi connectivity index (χ2n) is 6.28. The standard InChI is InChI=1S/C21H30N4O5Si/c1-4-27-31(28-5-2,29-6-3)17-9-16-23-21(26)30-19-13-11-18(12-14-19)24-25-20-10-7-8-15-22-20/h7-8,10-15H,4-6,9,16-17H2,1-3H3,(H,23,26). The van der Waals surface area contributed by atoms with Crippen LogP contribution in [0.2, 0.25) is 6.04 Å². The summed E-state index contributed by atoms with van der Waals surface area (Å²) >= 11 is 0. The van der Waals surface area contributed by atoms with E-state index < -0.39 is 14.9 Å². The molecule has 2 rings (SSSR count). The third-order valence-corrected chi connectivity index (χ3v) is 7.14. The summed E-state index contributed by atoms with van der Waals surface area (Å²) < 4.78 is 22.7. The Balaban J connectivity index is 1.77.